The number of hydrogen-bond acceptors (Lipinski definition) is 4. The summed E-state index contributed by atoms with van der Waals surface area (Å²) in [6, 6.07) is 13.2. The molecule has 2 aromatic carbocycles. The molecule has 2 aliphatic rings. The van der Waals surface area contributed by atoms with Gasteiger partial charge in [0.2, 0.25) is 12.7 Å². The highest BCUT2D eigenvalue weighted by molar-refractivity contribution is 5.77. The third kappa shape index (κ3) is 2.71. The van der Waals surface area contributed by atoms with Crippen molar-refractivity contribution in [1.82, 2.24) is 5.32 Å². The summed E-state index contributed by atoms with van der Waals surface area (Å²) < 4.78 is 10.8. The molecule has 24 heavy (non-hydrogen) atoms. The molecular weight excluding hydrogens is 306 g/mol. The van der Waals surface area contributed by atoms with Gasteiger partial charge in [-0.15, -0.1) is 0 Å². The number of carbonyl (C=O) groups is 1. The van der Waals surface area contributed by atoms with Crippen LogP contribution in [-0.2, 0) is 17.6 Å². The first kappa shape index (κ1) is 15.0. The van der Waals surface area contributed by atoms with Gasteiger partial charge in [-0.1, -0.05) is 36.4 Å². The molecule has 1 aliphatic heterocycles. The monoisotopic (exact) mass is 325 g/mol. The molecule has 0 spiro atoms. The molecule has 2 N–H and O–H groups in total. The standard InChI is InChI=1S/C19H19NO4/c21-15-10-13-4-1-2-6-14(13)18(15)20-17(22)9-8-12-5-3-7-16-19(12)24-11-23-16/h1-7,15,18,21H,8-11H2,(H,20,22)/t15-,18+/m1/s1. The molecule has 2 aromatic rings. The van der Waals surface area contributed by atoms with Gasteiger partial charge in [0, 0.05) is 12.8 Å². The van der Waals surface area contributed by atoms with Gasteiger partial charge in [-0.25, -0.2) is 0 Å². The topological polar surface area (TPSA) is 67.8 Å². The van der Waals surface area contributed by atoms with Crippen molar-refractivity contribution in [2.24, 2.45) is 0 Å². The molecule has 1 heterocycles. The van der Waals surface area contributed by atoms with Gasteiger partial charge in [0.05, 0.1) is 12.1 Å². The number of benzene rings is 2. The van der Waals surface area contributed by atoms with Gasteiger partial charge in [-0.05, 0) is 29.2 Å². The zero-order valence-electron chi connectivity index (χ0n) is 13.2. The Hall–Kier alpha value is -2.53. The van der Waals surface area contributed by atoms with Gasteiger partial charge in [0.25, 0.3) is 0 Å². The highest BCUT2D eigenvalue weighted by atomic mass is 16.7. The van der Waals surface area contributed by atoms with Crippen molar-refractivity contribution in [3.05, 3.63) is 59.2 Å². The van der Waals surface area contributed by atoms with E-state index < -0.39 is 6.10 Å². The zero-order valence-corrected chi connectivity index (χ0v) is 13.2. The third-order valence-electron chi connectivity index (χ3n) is 4.62. The van der Waals surface area contributed by atoms with Crippen molar-refractivity contribution >= 4 is 5.91 Å². The van der Waals surface area contributed by atoms with Crippen molar-refractivity contribution in [2.45, 2.75) is 31.4 Å². The molecule has 0 saturated heterocycles. The Morgan fingerprint density at radius 1 is 1.17 bits per heavy atom. The highest BCUT2D eigenvalue weighted by Crippen LogP contribution is 2.36. The Labute approximate surface area is 140 Å². The van der Waals surface area contributed by atoms with E-state index in [1.165, 1.54) is 0 Å². The summed E-state index contributed by atoms with van der Waals surface area (Å²) >= 11 is 0. The smallest absolute Gasteiger partial charge is 0.231 e. The molecular formula is C19H19NO4. The van der Waals surface area contributed by atoms with Gasteiger partial charge in [-0.2, -0.15) is 0 Å². The van der Waals surface area contributed by atoms with Crippen molar-refractivity contribution in [2.75, 3.05) is 6.79 Å². The maximum absolute atomic E-state index is 12.3. The Kier molecular flexibility index (Phi) is 3.86. The van der Waals surface area contributed by atoms with E-state index in [4.69, 9.17) is 9.47 Å². The highest BCUT2D eigenvalue weighted by Gasteiger charge is 2.31. The lowest BCUT2D eigenvalue weighted by molar-refractivity contribution is -0.122. The third-order valence-corrected chi connectivity index (χ3v) is 4.62. The van der Waals surface area contributed by atoms with Crippen LogP contribution < -0.4 is 14.8 Å². The number of rotatable bonds is 4. The van der Waals surface area contributed by atoms with Crippen molar-refractivity contribution in [1.29, 1.82) is 0 Å². The van der Waals surface area contributed by atoms with E-state index >= 15 is 0 Å². The van der Waals surface area contributed by atoms with Crippen LogP contribution in [-0.4, -0.2) is 23.9 Å². The number of carbonyl (C=O) groups excluding carboxylic acids is 1. The second kappa shape index (κ2) is 6.17. The predicted octanol–water partition coefficient (Wildman–Crippen LogP) is 2.12. The quantitative estimate of drug-likeness (QED) is 0.903. The van der Waals surface area contributed by atoms with E-state index in [0.29, 0.717) is 19.3 Å². The second-order valence-electron chi connectivity index (χ2n) is 6.17. The van der Waals surface area contributed by atoms with Gasteiger partial charge >= 0.3 is 0 Å². The van der Waals surface area contributed by atoms with Gasteiger partial charge < -0.3 is 19.9 Å². The van der Waals surface area contributed by atoms with Crippen LogP contribution in [0.5, 0.6) is 11.5 Å². The van der Waals surface area contributed by atoms with Gasteiger partial charge in [0.15, 0.2) is 11.5 Å². The lowest BCUT2D eigenvalue weighted by Gasteiger charge is -2.18. The minimum absolute atomic E-state index is 0.0766. The summed E-state index contributed by atoms with van der Waals surface area (Å²) in [4.78, 5) is 12.3. The molecule has 0 radical (unpaired) electrons. The van der Waals surface area contributed by atoms with Crippen LogP contribution in [0.3, 0.4) is 0 Å². The average Bonchev–Trinajstić information content (AvgIpc) is 3.18. The van der Waals surface area contributed by atoms with E-state index in [1.807, 2.05) is 42.5 Å². The number of aliphatic hydroxyl groups excluding tert-OH is 1. The number of nitrogens with one attached hydrogen (secondary N) is 1. The van der Waals surface area contributed by atoms with E-state index in [-0.39, 0.29) is 18.7 Å². The summed E-state index contributed by atoms with van der Waals surface area (Å²) in [5, 5.41) is 13.2. The molecule has 0 saturated carbocycles. The van der Waals surface area contributed by atoms with Crippen molar-refractivity contribution in [3.8, 4) is 11.5 Å². The fourth-order valence-corrected chi connectivity index (χ4v) is 3.43. The number of amides is 1. The summed E-state index contributed by atoms with van der Waals surface area (Å²) in [6.07, 6.45) is 0.927. The zero-order chi connectivity index (χ0) is 16.5. The minimum atomic E-state index is -0.566. The molecule has 1 amide bonds. The maximum Gasteiger partial charge on any atom is 0.231 e. The molecule has 4 rings (SSSR count). The van der Waals surface area contributed by atoms with Crippen LogP contribution >= 0.6 is 0 Å². The Balaban J connectivity index is 1.40. The lowest BCUT2D eigenvalue weighted by atomic mass is 10.1. The Bertz CT molecular complexity index is 774. The molecule has 0 aromatic heterocycles. The van der Waals surface area contributed by atoms with Crippen molar-refractivity contribution in [3.63, 3.8) is 0 Å². The van der Waals surface area contributed by atoms with Gasteiger partial charge in [0.1, 0.15) is 0 Å². The molecule has 1 aliphatic carbocycles. The van der Waals surface area contributed by atoms with Crippen LogP contribution in [0.2, 0.25) is 0 Å². The molecule has 0 fully saturated rings. The van der Waals surface area contributed by atoms with Crippen LogP contribution in [0.4, 0.5) is 0 Å². The van der Waals surface area contributed by atoms with Crippen LogP contribution in [0.1, 0.15) is 29.2 Å². The number of aryl methyl sites for hydroxylation is 1. The van der Waals surface area contributed by atoms with E-state index in [2.05, 4.69) is 5.32 Å². The number of hydrogen-bond donors (Lipinski definition) is 2. The van der Waals surface area contributed by atoms with Crippen LogP contribution in [0, 0.1) is 0 Å². The Morgan fingerprint density at radius 2 is 2.04 bits per heavy atom. The maximum atomic E-state index is 12.3. The number of ether oxygens (including phenoxy) is 2. The van der Waals surface area contributed by atoms with Crippen molar-refractivity contribution < 1.29 is 19.4 Å². The summed E-state index contributed by atoms with van der Waals surface area (Å²) in [6.45, 7) is 0.226. The SMILES string of the molecule is O=C(CCc1cccc2c1OCO2)N[C@H]1c2ccccc2C[C@H]1O. The lowest BCUT2D eigenvalue weighted by Crippen LogP contribution is -2.33. The molecule has 2 atom stereocenters. The number of fused-ring (bicyclic) bond motifs is 2. The molecule has 5 heteroatoms. The second-order valence-corrected chi connectivity index (χ2v) is 6.17. The summed E-state index contributed by atoms with van der Waals surface area (Å²) in [5.74, 6) is 1.39. The first-order valence-corrected chi connectivity index (χ1v) is 8.15. The average molecular weight is 325 g/mol. The predicted molar refractivity (Wildman–Crippen MR) is 87.9 cm³/mol. The first-order chi connectivity index (χ1) is 11.7. The largest absolute Gasteiger partial charge is 0.454 e. The van der Waals surface area contributed by atoms with E-state index in [1.54, 1.807) is 0 Å². The van der Waals surface area contributed by atoms with Gasteiger partial charge in [-0.3, -0.25) is 4.79 Å². The first-order valence-electron chi connectivity index (χ1n) is 8.15. The number of aliphatic hydroxyl groups is 1. The molecule has 0 unspecified atom stereocenters. The molecule has 124 valence electrons. The van der Waals surface area contributed by atoms with Crippen LogP contribution in [0.25, 0.3) is 0 Å². The summed E-state index contributed by atoms with van der Waals surface area (Å²) in [5.41, 5.74) is 3.07. The van der Waals surface area contributed by atoms with E-state index in [0.717, 1.165) is 28.2 Å². The molecule has 0 bridgehead atoms. The van der Waals surface area contributed by atoms with Crippen LogP contribution in [0.15, 0.2) is 42.5 Å². The number of para-hydroxylation sites is 1. The fraction of sp³-hybridized carbons (Fsp3) is 0.316. The fourth-order valence-electron chi connectivity index (χ4n) is 3.43. The normalized spacial score (nSPS) is 20.7. The molecule has 5 nitrogen and oxygen atoms in total. The summed E-state index contributed by atoms with van der Waals surface area (Å²) in [7, 11) is 0. The Morgan fingerprint density at radius 3 is 2.96 bits per heavy atom. The van der Waals surface area contributed by atoms with E-state index in [9.17, 15) is 9.90 Å². The minimum Gasteiger partial charge on any atom is -0.454 e.